The number of piperidine rings is 1. The molecule has 3 N–H and O–H groups in total. The first-order valence-electron chi connectivity index (χ1n) is 7.00. The Morgan fingerprint density at radius 1 is 1.21 bits per heavy atom. The number of nitrogens with zero attached hydrogens (tertiary/aromatic N) is 1. The summed E-state index contributed by atoms with van der Waals surface area (Å²) < 4.78 is 0. The molecule has 4 nitrogen and oxygen atoms in total. The van der Waals surface area contributed by atoms with Crippen molar-refractivity contribution in [1.29, 1.82) is 0 Å². The van der Waals surface area contributed by atoms with E-state index in [1.807, 2.05) is 0 Å². The molecular formula is C15H24N2O2. The van der Waals surface area contributed by atoms with Gasteiger partial charge in [0.1, 0.15) is 11.5 Å². The van der Waals surface area contributed by atoms with Gasteiger partial charge < -0.3 is 15.5 Å². The van der Waals surface area contributed by atoms with Crippen LogP contribution in [0.3, 0.4) is 0 Å². The van der Waals surface area contributed by atoms with Gasteiger partial charge in [-0.05, 0) is 63.5 Å². The molecule has 1 saturated heterocycles. The molecule has 4 heteroatoms. The SMILES string of the molecule is CC(c1cc(O)cc(O)c1)N(C)CC1CCNCC1. The highest BCUT2D eigenvalue weighted by atomic mass is 16.3. The second kappa shape index (κ2) is 6.26. The van der Waals surface area contributed by atoms with Gasteiger partial charge in [-0.2, -0.15) is 0 Å². The maximum absolute atomic E-state index is 9.56. The fourth-order valence-electron chi connectivity index (χ4n) is 2.74. The number of hydrogen-bond donors (Lipinski definition) is 3. The van der Waals surface area contributed by atoms with Crippen LogP contribution in [0.2, 0.25) is 0 Å². The van der Waals surface area contributed by atoms with E-state index in [1.165, 1.54) is 18.9 Å². The number of rotatable bonds is 4. The molecule has 1 aliphatic heterocycles. The Labute approximate surface area is 115 Å². The van der Waals surface area contributed by atoms with Crippen molar-refractivity contribution >= 4 is 0 Å². The molecule has 0 aliphatic carbocycles. The maximum atomic E-state index is 9.56. The summed E-state index contributed by atoms with van der Waals surface area (Å²) in [4.78, 5) is 2.30. The fourth-order valence-corrected chi connectivity index (χ4v) is 2.74. The fraction of sp³-hybridized carbons (Fsp3) is 0.600. The lowest BCUT2D eigenvalue weighted by molar-refractivity contribution is 0.196. The zero-order chi connectivity index (χ0) is 13.8. The van der Waals surface area contributed by atoms with Gasteiger partial charge in [0.25, 0.3) is 0 Å². The maximum Gasteiger partial charge on any atom is 0.119 e. The van der Waals surface area contributed by atoms with E-state index in [2.05, 4.69) is 24.2 Å². The largest absolute Gasteiger partial charge is 0.508 e. The van der Waals surface area contributed by atoms with Crippen molar-refractivity contribution in [2.45, 2.75) is 25.8 Å². The van der Waals surface area contributed by atoms with Gasteiger partial charge >= 0.3 is 0 Å². The molecule has 0 spiro atoms. The Balaban J connectivity index is 1.99. The van der Waals surface area contributed by atoms with Crippen LogP contribution in [0.4, 0.5) is 0 Å². The van der Waals surface area contributed by atoms with Gasteiger partial charge in [-0.1, -0.05) is 0 Å². The number of hydrogen-bond acceptors (Lipinski definition) is 4. The summed E-state index contributed by atoms with van der Waals surface area (Å²) in [6.45, 7) is 5.38. The predicted octanol–water partition coefficient (Wildman–Crippen LogP) is 2.09. The van der Waals surface area contributed by atoms with Crippen LogP contribution in [0.1, 0.15) is 31.4 Å². The second-order valence-electron chi connectivity index (χ2n) is 5.59. The van der Waals surface area contributed by atoms with Crippen LogP contribution in [0.25, 0.3) is 0 Å². The van der Waals surface area contributed by atoms with E-state index < -0.39 is 0 Å². The van der Waals surface area contributed by atoms with E-state index in [9.17, 15) is 10.2 Å². The third-order valence-electron chi connectivity index (χ3n) is 4.07. The van der Waals surface area contributed by atoms with Gasteiger partial charge in [-0.15, -0.1) is 0 Å². The van der Waals surface area contributed by atoms with Gasteiger partial charge in [0.15, 0.2) is 0 Å². The average Bonchev–Trinajstić information content (AvgIpc) is 2.37. The Morgan fingerprint density at radius 2 is 1.79 bits per heavy atom. The molecule has 19 heavy (non-hydrogen) atoms. The van der Waals surface area contributed by atoms with Crippen molar-refractivity contribution in [3.05, 3.63) is 23.8 Å². The molecule has 1 unspecified atom stereocenters. The molecule has 0 bridgehead atoms. The lowest BCUT2D eigenvalue weighted by Gasteiger charge is -2.31. The molecule has 1 atom stereocenters. The smallest absolute Gasteiger partial charge is 0.119 e. The highest BCUT2D eigenvalue weighted by Crippen LogP contribution is 2.28. The van der Waals surface area contributed by atoms with Crippen molar-refractivity contribution < 1.29 is 10.2 Å². The van der Waals surface area contributed by atoms with Crippen LogP contribution in [0.5, 0.6) is 11.5 Å². The molecule has 0 amide bonds. The summed E-state index contributed by atoms with van der Waals surface area (Å²) in [7, 11) is 2.10. The first-order chi connectivity index (χ1) is 9.06. The van der Waals surface area contributed by atoms with Crippen molar-refractivity contribution in [2.24, 2.45) is 5.92 Å². The summed E-state index contributed by atoms with van der Waals surface area (Å²) in [6, 6.07) is 5.00. The summed E-state index contributed by atoms with van der Waals surface area (Å²) >= 11 is 0. The normalized spacial score (nSPS) is 18.7. The lowest BCUT2D eigenvalue weighted by Crippen LogP contribution is -2.35. The molecule has 0 aromatic heterocycles. The van der Waals surface area contributed by atoms with E-state index in [1.54, 1.807) is 12.1 Å². The van der Waals surface area contributed by atoms with Crippen LogP contribution in [-0.2, 0) is 0 Å². The van der Waals surface area contributed by atoms with Crippen molar-refractivity contribution in [1.82, 2.24) is 10.2 Å². The first kappa shape index (κ1) is 14.2. The minimum Gasteiger partial charge on any atom is -0.508 e. The van der Waals surface area contributed by atoms with Crippen LogP contribution in [-0.4, -0.2) is 41.8 Å². The molecule has 2 rings (SSSR count). The topological polar surface area (TPSA) is 55.7 Å². The average molecular weight is 264 g/mol. The standard InChI is InChI=1S/C15H24N2O2/c1-11(13-7-14(18)9-15(19)8-13)17(2)10-12-3-5-16-6-4-12/h7-9,11-12,16,18-19H,3-6,10H2,1-2H3. The number of benzene rings is 1. The molecule has 106 valence electrons. The highest BCUT2D eigenvalue weighted by Gasteiger charge is 2.19. The van der Waals surface area contributed by atoms with Crippen LogP contribution in [0, 0.1) is 5.92 Å². The number of aromatic hydroxyl groups is 2. The van der Waals surface area contributed by atoms with E-state index in [4.69, 9.17) is 0 Å². The Hall–Kier alpha value is -1.26. The molecule has 1 aliphatic rings. The number of phenols is 2. The zero-order valence-electron chi connectivity index (χ0n) is 11.8. The zero-order valence-corrected chi connectivity index (χ0v) is 11.8. The van der Waals surface area contributed by atoms with E-state index in [-0.39, 0.29) is 17.5 Å². The summed E-state index contributed by atoms with van der Waals surface area (Å²) in [5.41, 5.74) is 0.953. The Kier molecular flexibility index (Phi) is 4.66. The van der Waals surface area contributed by atoms with E-state index in [0.29, 0.717) is 0 Å². The van der Waals surface area contributed by atoms with E-state index >= 15 is 0 Å². The third kappa shape index (κ3) is 3.85. The molecule has 0 radical (unpaired) electrons. The van der Waals surface area contributed by atoms with Gasteiger partial charge in [0.05, 0.1) is 0 Å². The Morgan fingerprint density at radius 3 is 2.37 bits per heavy atom. The molecule has 1 aromatic rings. The molecular weight excluding hydrogens is 240 g/mol. The van der Waals surface area contributed by atoms with Crippen LogP contribution >= 0.6 is 0 Å². The van der Waals surface area contributed by atoms with Crippen molar-refractivity contribution in [2.75, 3.05) is 26.7 Å². The summed E-state index contributed by atoms with van der Waals surface area (Å²) in [5, 5.41) is 22.5. The molecule has 1 heterocycles. The van der Waals surface area contributed by atoms with Gasteiger partial charge in [0.2, 0.25) is 0 Å². The Bertz CT molecular complexity index is 396. The number of phenolic OH excluding ortho intramolecular Hbond substituents is 2. The minimum absolute atomic E-state index is 0.122. The molecule has 1 fully saturated rings. The second-order valence-corrected chi connectivity index (χ2v) is 5.59. The third-order valence-corrected chi connectivity index (χ3v) is 4.07. The minimum atomic E-state index is 0.122. The highest BCUT2D eigenvalue weighted by molar-refractivity contribution is 5.37. The van der Waals surface area contributed by atoms with Gasteiger partial charge in [0, 0.05) is 18.7 Å². The number of nitrogens with one attached hydrogen (secondary N) is 1. The predicted molar refractivity (Wildman–Crippen MR) is 76.4 cm³/mol. The summed E-state index contributed by atoms with van der Waals surface area (Å²) in [5.74, 6) is 0.980. The van der Waals surface area contributed by atoms with Crippen molar-refractivity contribution in [3.8, 4) is 11.5 Å². The quantitative estimate of drug-likeness (QED) is 0.779. The molecule has 0 saturated carbocycles. The first-order valence-corrected chi connectivity index (χ1v) is 7.00. The van der Waals surface area contributed by atoms with Gasteiger partial charge in [-0.3, -0.25) is 4.90 Å². The van der Waals surface area contributed by atoms with Crippen LogP contribution in [0.15, 0.2) is 18.2 Å². The lowest BCUT2D eigenvalue weighted by atomic mass is 9.96. The van der Waals surface area contributed by atoms with Crippen LogP contribution < -0.4 is 5.32 Å². The monoisotopic (exact) mass is 264 g/mol. The summed E-state index contributed by atoms with van der Waals surface area (Å²) in [6.07, 6.45) is 2.45. The van der Waals surface area contributed by atoms with Gasteiger partial charge in [-0.25, -0.2) is 0 Å². The van der Waals surface area contributed by atoms with Crippen molar-refractivity contribution in [3.63, 3.8) is 0 Å². The molecule has 1 aromatic carbocycles. The van der Waals surface area contributed by atoms with E-state index in [0.717, 1.165) is 31.1 Å².